The Kier molecular flexibility index (Phi) is 3.86. The second-order valence-corrected chi connectivity index (χ2v) is 6.41. The van der Waals surface area contributed by atoms with Crippen molar-refractivity contribution in [3.05, 3.63) is 25.8 Å². The number of thiophene rings is 1. The van der Waals surface area contributed by atoms with Gasteiger partial charge in [0, 0.05) is 19.9 Å². The highest BCUT2D eigenvalue weighted by Gasteiger charge is 2.22. The number of Topliss-reactive ketones (excluding diaryl/α,β-unsaturated/α-hetero) is 1. The van der Waals surface area contributed by atoms with Crippen LogP contribution in [0.25, 0.3) is 10.2 Å². The van der Waals surface area contributed by atoms with Gasteiger partial charge in [0.05, 0.1) is 14.0 Å². The van der Waals surface area contributed by atoms with Gasteiger partial charge < -0.3 is 14.5 Å². The number of carbonyl (C=O) groups is 2. The molecule has 2 aromatic rings. The van der Waals surface area contributed by atoms with Gasteiger partial charge in [0.1, 0.15) is 11.8 Å². The number of carbonyl (C=O) groups excluding carboxylic acids is 2. The first-order valence-corrected chi connectivity index (χ1v) is 7.06. The second-order valence-electron chi connectivity index (χ2n) is 3.98. The van der Waals surface area contributed by atoms with Crippen molar-refractivity contribution >= 4 is 49.6 Å². The highest BCUT2D eigenvalue weighted by atomic mass is 79.9. The molecule has 0 atom stereocenters. The first-order valence-electron chi connectivity index (χ1n) is 5.45. The minimum atomic E-state index is -0.550. The lowest BCUT2D eigenvalue weighted by Gasteiger charge is -2.07. The van der Waals surface area contributed by atoms with Crippen molar-refractivity contribution in [2.45, 2.75) is 12.8 Å². The number of aldehydes is 1. The quantitative estimate of drug-likeness (QED) is 0.682. The third-order valence-electron chi connectivity index (χ3n) is 2.78. The van der Waals surface area contributed by atoms with E-state index in [0.717, 1.165) is 3.79 Å². The van der Waals surface area contributed by atoms with Crippen molar-refractivity contribution in [3.63, 3.8) is 0 Å². The number of pyridine rings is 1. The van der Waals surface area contributed by atoms with Gasteiger partial charge in [0.2, 0.25) is 0 Å². The zero-order valence-electron chi connectivity index (χ0n) is 9.97. The van der Waals surface area contributed by atoms with Crippen LogP contribution in [-0.4, -0.2) is 21.7 Å². The Bertz CT molecular complexity index is 731. The number of aromatic hydroxyl groups is 1. The van der Waals surface area contributed by atoms with Crippen LogP contribution in [0.3, 0.4) is 0 Å². The molecule has 0 bridgehead atoms. The fourth-order valence-corrected chi connectivity index (χ4v) is 3.40. The molecule has 0 aliphatic heterocycles. The van der Waals surface area contributed by atoms with E-state index >= 15 is 0 Å². The van der Waals surface area contributed by atoms with Crippen LogP contribution in [0.5, 0.6) is 5.75 Å². The SMILES string of the molecule is Cn1c(=O)c(C(=O)CCC=O)c(O)c2sc(Br)cc21. The molecule has 0 fully saturated rings. The van der Waals surface area contributed by atoms with E-state index in [2.05, 4.69) is 15.9 Å². The molecule has 0 saturated heterocycles. The van der Waals surface area contributed by atoms with Crippen molar-refractivity contribution in [1.82, 2.24) is 4.57 Å². The second kappa shape index (κ2) is 5.26. The Morgan fingerprint density at radius 3 is 2.89 bits per heavy atom. The molecule has 0 aromatic carbocycles. The van der Waals surface area contributed by atoms with E-state index in [4.69, 9.17) is 0 Å². The lowest BCUT2D eigenvalue weighted by atomic mass is 10.1. The summed E-state index contributed by atoms with van der Waals surface area (Å²) in [5.74, 6) is -0.818. The summed E-state index contributed by atoms with van der Waals surface area (Å²) in [5.41, 5.74) is -0.233. The monoisotopic (exact) mass is 343 g/mol. The Hall–Kier alpha value is -1.47. The van der Waals surface area contributed by atoms with E-state index in [0.29, 0.717) is 16.5 Å². The third kappa shape index (κ3) is 2.35. The molecule has 100 valence electrons. The summed E-state index contributed by atoms with van der Waals surface area (Å²) >= 11 is 4.52. The number of rotatable bonds is 4. The van der Waals surface area contributed by atoms with Gasteiger partial charge in [0.25, 0.3) is 5.56 Å². The predicted molar refractivity (Wildman–Crippen MR) is 76.1 cm³/mol. The largest absolute Gasteiger partial charge is 0.505 e. The topological polar surface area (TPSA) is 76.4 Å². The van der Waals surface area contributed by atoms with Crippen LogP contribution in [0.4, 0.5) is 0 Å². The highest BCUT2D eigenvalue weighted by molar-refractivity contribution is 9.11. The van der Waals surface area contributed by atoms with Gasteiger partial charge in [-0.1, -0.05) is 0 Å². The fourth-order valence-electron chi connectivity index (χ4n) is 1.83. The first kappa shape index (κ1) is 14.0. The molecule has 0 aliphatic rings. The summed E-state index contributed by atoms with van der Waals surface area (Å²) in [6, 6.07) is 1.71. The van der Waals surface area contributed by atoms with E-state index in [1.54, 1.807) is 13.1 Å². The number of ketones is 1. The van der Waals surface area contributed by atoms with E-state index in [1.807, 2.05) is 0 Å². The number of halogens is 1. The molecule has 7 heteroatoms. The number of aryl methyl sites for hydroxylation is 1. The zero-order chi connectivity index (χ0) is 14.2. The van der Waals surface area contributed by atoms with Gasteiger partial charge in [-0.3, -0.25) is 9.59 Å². The highest BCUT2D eigenvalue weighted by Crippen LogP contribution is 2.36. The van der Waals surface area contributed by atoms with E-state index in [9.17, 15) is 19.5 Å². The van der Waals surface area contributed by atoms with Gasteiger partial charge in [-0.25, -0.2) is 0 Å². The summed E-state index contributed by atoms with van der Waals surface area (Å²) in [4.78, 5) is 34.3. The van der Waals surface area contributed by atoms with Gasteiger partial charge in [-0.2, -0.15) is 0 Å². The van der Waals surface area contributed by atoms with Crippen molar-refractivity contribution < 1.29 is 14.7 Å². The van der Waals surface area contributed by atoms with Crippen LogP contribution < -0.4 is 5.56 Å². The average molecular weight is 344 g/mol. The molecular formula is C12H10BrNO4S. The predicted octanol–water partition coefficient (Wildman–Crippen LogP) is 2.23. The molecule has 19 heavy (non-hydrogen) atoms. The molecule has 0 unspecified atom stereocenters. The summed E-state index contributed by atoms with van der Waals surface area (Å²) in [6.07, 6.45) is 0.567. The summed E-state index contributed by atoms with van der Waals surface area (Å²) in [7, 11) is 1.54. The van der Waals surface area contributed by atoms with Crippen molar-refractivity contribution in [2.24, 2.45) is 7.05 Å². The van der Waals surface area contributed by atoms with Crippen LogP contribution in [0.15, 0.2) is 14.6 Å². The van der Waals surface area contributed by atoms with Crippen LogP contribution in [0, 0.1) is 0 Å². The minimum Gasteiger partial charge on any atom is -0.505 e. The van der Waals surface area contributed by atoms with Gasteiger partial charge in [0.15, 0.2) is 11.5 Å². The average Bonchev–Trinajstić information content (AvgIpc) is 2.76. The smallest absolute Gasteiger partial charge is 0.265 e. The van der Waals surface area contributed by atoms with E-state index in [-0.39, 0.29) is 24.2 Å². The number of nitrogens with zero attached hydrogens (tertiary/aromatic N) is 1. The molecular weight excluding hydrogens is 334 g/mol. The lowest BCUT2D eigenvalue weighted by molar-refractivity contribution is -0.107. The van der Waals surface area contributed by atoms with Crippen LogP contribution in [0.2, 0.25) is 0 Å². The maximum absolute atomic E-state index is 12.1. The minimum absolute atomic E-state index is 0.0353. The fraction of sp³-hybridized carbons (Fsp3) is 0.250. The molecule has 0 amide bonds. The Balaban J connectivity index is 2.71. The zero-order valence-corrected chi connectivity index (χ0v) is 12.4. The molecule has 5 nitrogen and oxygen atoms in total. The van der Waals surface area contributed by atoms with Gasteiger partial charge in [-0.15, -0.1) is 11.3 Å². The molecule has 0 aliphatic carbocycles. The van der Waals surface area contributed by atoms with Crippen LogP contribution in [-0.2, 0) is 11.8 Å². The number of hydrogen-bond acceptors (Lipinski definition) is 5. The van der Waals surface area contributed by atoms with Gasteiger partial charge >= 0.3 is 0 Å². The number of aromatic nitrogens is 1. The molecule has 0 spiro atoms. The Morgan fingerprint density at radius 1 is 1.58 bits per heavy atom. The maximum atomic E-state index is 12.1. The molecule has 1 N–H and O–H groups in total. The summed E-state index contributed by atoms with van der Waals surface area (Å²) in [6.45, 7) is 0. The summed E-state index contributed by atoms with van der Waals surface area (Å²) in [5, 5.41) is 10.1. The first-order chi connectivity index (χ1) is 8.97. The Morgan fingerprint density at radius 2 is 2.26 bits per heavy atom. The van der Waals surface area contributed by atoms with Crippen molar-refractivity contribution in [1.29, 1.82) is 0 Å². The number of hydrogen-bond donors (Lipinski definition) is 1. The summed E-state index contributed by atoms with van der Waals surface area (Å²) < 4.78 is 2.55. The van der Waals surface area contributed by atoms with Crippen LogP contribution in [0.1, 0.15) is 23.2 Å². The van der Waals surface area contributed by atoms with Crippen molar-refractivity contribution in [3.8, 4) is 5.75 Å². The molecule has 0 radical (unpaired) electrons. The van der Waals surface area contributed by atoms with Crippen LogP contribution >= 0.6 is 27.3 Å². The maximum Gasteiger partial charge on any atom is 0.265 e. The normalized spacial score (nSPS) is 10.8. The van der Waals surface area contributed by atoms with E-state index in [1.165, 1.54) is 15.9 Å². The Labute approximate surface area is 120 Å². The van der Waals surface area contributed by atoms with Gasteiger partial charge in [-0.05, 0) is 22.0 Å². The molecule has 2 rings (SSSR count). The van der Waals surface area contributed by atoms with Crippen molar-refractivity contribution in [2.75, 3.05) is 0 Å². The molecule has 2 heterocycles. The van der Waals surface area contributed by atoms with E-state index < -0.39 is 11.3 Å². The molecule has 2 aromatic heterocycles. The number of fused-ring (bicyclic) bond motifs is 1. The molecule has 0 saturated carbocycles. The lowest BCUT2D eigenvalue weighted by Crippen LogP contribution is -2.24. The standard InChI is InChI=1S/C12H10BrNO4S/c1-14-6-5-8(13)19-11(6)10(17)9(12(14)18)7(16)3-2-4-15/h4-5,17H,2-3H2,1H3. The third-order valence-corrected chi connectivity index (χ3v) is 4.42.